The van der Waals surface area contributed by atoms with Gasteiger partial charge >= 0.3 is 0 Å². The Morgan fingerprint density at radius 1 is 1.03 bits per heavy atom. The van der Waals surface area contributed by atoms with Crippen LogP contribution in [-0.2, 0) is 0 Å². The van der Waals surface area contributed by atoms with E-state index in [1.165, 1.54) is 32.7 Å². The third-order valence-electron chi connectivity index (χ3n) is 4.80. The molecule has 3 aromatic rings. The molecule has 164 valence electrons. The molecular weight excluding hydrogens is 414 g/mol. The summed E-state index contributed by atoms with van der Waals surface area (Å²) in [7, 11) is 4.59. The van der Waals surface area contributed by atoms with Crippen LogP contribution in [0.4, 0.5) is 5.13 Å². The van der Waals surface area contributed by atoms with E-state index in [1.54, 1.807) is 17.0 Å². The Hall–Kier alpha value is -3.13. The summed E-state index contributed by atoms with van der Waals surface area (Å²) in [4.78, 5) is 15.2. The maximum atomic E-state index is 13.5. The first kappa shape index (κ1) is 22.6. The number of ether oxygens (including phenoxy) is 3. The third-order valence-corrected chi connectivity index (χ3v) is 5.80. The number of amides is 1. The summed E-state index contributed by atoms with van der Waals surface area (Å²) in [6.45, 7) is 4.65. The van der Waals surface area contributed by atoms with Crippen LogP contribution in [0.25, 0.3) is 10.6 Å². The molecule has 1 aromatic heterocycles. The van der Waals surface area contributed by atoms with Crippen molar-refractivity contribution in [3.63, 3.8) is 0 Å². The van der Waals surface area contributed by atoms with Gasteiger partial charge in [0.25, 0.3) is 5.91 Å². The van der Waals surface area contributed by atoms with Crippen molar-refractivity contribution in [2.75, 3.05) is 32.8 Å². The first-order chi connectivity index (χ1) is 15.0. The van der Waals surface area contributed by atoms with Crippen molar-refractivity contribution in [2.24, 2.45) is 0 Å². The minimum absolute atomic E-state index is 0.195. The van der Waals surface area contributed by atoms with E-state index in [0.29, 0.717) is 34.5 Å². The number of hydrogen-bond donors (Lipinski definition) is 0. The third kappa shape index (κ3) is 4.96. The lowest BCUT2D eigenvalue weighted by Crippen LogP contribution is -2.32. The summed E-state index contributed by atoms with van der Waals surface area (Å²) >= 11 is 1.40. The molecule has 0 saturated heterocycles. The van der Waals surface area contributed by atoms with Gasteiger partial charge in [-0.2, -0.15) is 0 Å². The quantitative estimate of drug-likeness (QED) is 0.466. The monoisotopic (exact) mass is 441 g/mol. The molecule has 0 aliphatic carbocycles. The average Bonchev–Trinajstić information content (AvgIpc) is 3.28. The number of carbonyl (C=O) groups excluding carboxylic acids is 1. The van der Waals surface area contributed by atoms with E-state index in [-0.39, 0.29) is 5.91 Å². The highest BCUT2D eigenvalue weighted by Crippen LogP contribution is 2.39. The minimum atomic E-state index is -0.195. The second kappa shape index (κ2) is 10.3. The summed E-state index contributed by atoms with van der Waals surface area (Å²) in [5.74, 6) is 1.11. The largest absolute Gasteiger partial charge is 0.493 e. The first-order valence-electron chi connectivity index (χ1n) is 10.0. The maximum absolute atomic E-state index is 13.5. The van der Waals surface area contributed by atoms with Crippen LogP contribution in [0.5, 0.6) is 17.2 Å². The number of anilines is 1. The summed E-state index contributed by atoms with van der Waals surface area (Å²) in [5, 5.41) is 9.99. The van der Waals surface area contributed by atoms with Crippen LogP contribution in [0.2, 0.25) is 0 Å². The predicted molar refractivity (Wildman–Crippen MR) is 123 cm³/mol. The number of methoxy groups -OCH3 is 3. The standard InChI is InChI=1S/C23H27N3O4S/c1-6-7-11-26(23-25-24-21(31-23)16-10-8-9-15(2)12-16)22(27)17-13-18(28-3)20(30-5)19(14-17)29-4/h8-10,12-14H,6-7,11H2,1-5H3. The highest BCUT2D eigenvalue weighted by molar-refractivity contribution is 7.18. The summed E-state index contributed by atoms with van der Waals surface area (Å²) < 4.78 is 16.2. The zero-order valence-electron chi connectivity index (χ0n) is 18.5. The normalized spacial score (nSPS) is 10.6. The molecule has 0 N–H and O–H groups in total. The Bertz CT molecular complexity index is 1030. The van der Waals surface area contributed by atoms with Crippen LogP contribution in [0.15, 0.2) is 36.4 Å². The molecule has 1 amide bonds. The second-order valence-corrected chi connectivity index (χ2v) is 7.94. The molecule has 0 saturated carbocycles. The van der Waals surface area contributed by atoms with Crippen molar-refractivity contribution in [3.8, 4) is 27.8 Å². The van der Waals surface area contributed by atoms with Gasteiger partial charge in [0.2, 0.25) is 10.9 Å². The molecule has 3 rings (SSSR count). The molecule has 8 heteroatoms. The maximum Gasteiger partial charge on any atom is 0.260 e. The fourth-order valence-corrected chi connectivity index (χ4v) is 4.05. The predicted octanol–water partition coefficient (Wildman–Crippen LogP) is 4.99. The Labute approximate surface area is 186 Å². The molecule has 0 aliphatic heterocycles. The van der Waals surface area contributed by atoms with Crippen molar-refractivity contribution in [2.45, 2.75) is 26.7 Å². The van der Waals surface area contributed by atoms with Crippen molar-refractivity contribution in [1.82, 2.24) is 10.2 Å². The van der Waals surface area contributed by atoms with Gasteiger partial charge in [0.15, 0.2) is 11.5 Å². The molecule has 31 heavy (non-hydrogen) atoms. The van der Waals surface area contributed by atoms with Gasteiger partial charge in [0, 0.05) is 17.7 Å². The van der Waals surface area contributed by atoms with Crippen molar-refractivity contribution in [3.05, 3.63) is 47.5 Å². The average molecular weight is 442 g/mol. The van der Waals surface area contributed by atoms with Crippen molar-refractivity contribution in [1.29, 1.82) is 0 Å². The number of rotatable bonds is 9. The molecular formula is C23H27N3O4S. The van der Waals surface area contributed by atoms with Gasteiger partial charge in [-0.25, -0.2) is 0 Å². The van der Waals surface area contributed by atoms with E-state index in [1.807, 2.05) is 25.1 Å². The highest BCUT2D eigenvalue weighted by atomic mass is 32.1. The van der Waals surface area contributed by atoms with Crippen LogP contribution in [0, 0.1) is 6.92 Å². The molecule has 0 radical (unpaired) electrons. The second-order valence-electron chi connectivity index (χ2n) is 6.98. The lowest BCUT2D eigenvalue weighted by molar-refractivity contribution is 0.0985. The van der Waals surface area contributed by atoms with Gasteiger partial charge in [-0.1, -0.05) is 48.4 Å². The number of hydrogen-bond acceptors (Lipinski definition) is 7. The molecule has 7 nitrogen and oxygen atoms in total. The molecule has 1 heterocycles. The molecule has 0 spiro atoms. The molecule has 0 bridgehead atoms. The summed E-state index contributed by atoms with van der Waals surface area (Å²) in [6.07, 6.45) is 1.79. The molecule has 0 unspecified atom stereocenters. The van der Waals surface area contributed by atoms with E-state index in [0.717, 1.165) is 29.0 Å². The smallest absolute Gasteiger partial charge is 0.260 e. The zero-order valence-corrected chi connectivity index (χ0v) is 19.3. The van der Waals surface area contributed by atoms with E-state index >= 15 is 0 Å². The van der Waals surface area contributed by atoms with Crippen molar-refractivity contribution >= 4 is 22.4 Å². The van der Waals surface area contributed by atoms with E-state index < -0.39 is 0 Å². The molecule has 0 fully saturated rings. The van der Waals surface area contributed by atoms with E-state index in [4.69, 9.17) is 14.2 Å². The van der Waals surface area contributed by atoms with Crippen LogP contribution in [0.1, 0.15) is 35.7 Å². The van der Waals surface area contributed by atoms with Gasteiger partial charge in [-0.05, 0) is 31.5 Å². The highest BCUT2D eigenvalue weighted by Gasteiger charge is 2.25. The van der Waals surface area contributed by atoms with Crippen molar-refractivity contribution < 1.29 is 19.0 Å². The van der Waals surface area contributed by atoms with Gasteiger partial charge in [0.1, 0.15) is 5.01 Å². The van der Waals surface area contributed by atoms with E-state index in [9.17, 15) is 4.79 Å². The lowest BCUT2D eigenvalue weighted by Gasteiger charge is -2.20. The fraction of sp³-hybridized carbons (Fsp3) is 0.348. The lowest BCUT2D eigenvalue weighted by atomic mass is 10.1. The van der Waals surface area contributed by atoms with Crippen LogP contribution < -0.4 is 19.1 Å². The number of benzene rings is 2. The first-order valence-corrected chi connectivity index (χ1v) is 10.9. The number of aromatic nitrogens is 2. The van der Waals surface area contributed by atoms with Gasteiger partial charge in [0.05, 0.1) is 21.3 Å². The topological polar surface area (TPSA) is 73.8 Å². The fourth-order valence-electron chi connectivity index (χ4n) is 3.18. The van der Waals surface area contributed by atoms with Crippen LogP contribution in [-0.4, -0.2) is 44.0 Å². The Morgan fingerprint density at radius 2 is 1.74 bits per heavy atom. The van der Waals surface area contributed by atoms with Crippen LogP contribution in [0.3, 0.4) is 0 Å². The van der Waals surface area contributed by atoms with Gasteiger partial charge in [-0.3, -0.25) is 9.69 Å². The molecule has 0 atom stereocenters. The zero-order chi connectivity index (χ0) is 22.4. The number of aryl methyl sites for hydroxylation is 1. The van der Waals surface area contributed by atoms with E-state index in [2.05, 4.69) is 23.2 Å². The molecule has 2 aromatic carbocycles. The SMILES string of the molecule is CCCCN(C(=O)c1cc(OC)c(OC)c(OC)c1)c1nnc(-c2cccc(C)c2)s1. The van der Waals surface area contributed by atoms with Gasteiger partial charge < -0.3 is 14.2 Å². The Balaban J connectivity index is 1.99. The minimum Gasteiger partial charge on any atom is -0.493 e. The summed E-state index contributed by atoms with van der Waals surface area (Å²) in [6, 6.07) is 11.4. The summed E-state index contributed by atoms with van der Waals surface area (Å²) in [5.41, 5.74) is 2.56. The number of carbonyl (C=O) groups is 1. The Kier molecular flexibility index (Phi) is 7.46. The van der Waals surface area contributed by atoms with Crippen LogP contribution >= 0.6 is 11.3 Å². The van der Waals surface area contributed by atoms with Gasteiger partial charge in [-0.15, -0.1) is 10.2 Å². The Morgan fingerprint density at radius 3 is 2.32 bits per heavy atom. The molecule has 0 aliphatic rings. The number of nitrogens with zero attached hydrogens (tertiary/aromatic N) is 3. The number of unbranched alkanes of at least 4 members (excludes halogenated alkanes) is 1.